The standard InChI is InChI=1S/C23H21N5O/c1-14-25-22-18(11-21(24)28-23(22)26-14)20-10-17-9-16(7-8-19(17)27-20)13-29-12-15-5-3-2-4-6-15/h2-11,27H,12-13H2,1H3,(H3,24,25,26,28). The number of pyridine rings is 1. The van der Waals surface area contributed by atoms with Gasteiger partial charge < -0.3 is 20.4 Å². The lowest BCUT2D eigenvalue weighted by Gasteiger charge is -2.04. The van der Waals surface area contributed by atoms with Gasteiger partial charge >= 0.3 is 0 Å². The monoisotopic (exact) mass is 383 g/mol. The van der Waals surface area contributed by atoms with Gasteiger partial charge in [-0.3, -0.25) is 0 Å². The molecule has 0 fully saturated rings. The number of rotatable bonds is 5. The number of anilines is 1. The number of nitrogens with two attached hydrogens (primary N) is 1. The highest BCUT2D eigenvalue weighted by molar-refractivity contribution is 5.95. The third-order valence-corrected chi connectivity index (χ3v) is 4.96. The van der Waals surface area contributed by atoms with Crippen molar-refractivity contribution in [1.82, 2.24) is 19.9 Å². The van der Waals surface area contributed by atoms with Gasteiger partial charge in [0.25, 0.3) is 0 Å². The molecule has 4 N–H and O–H groups in total. The maximum atomic E-state index is 6.00. The molecule has 5 aromatic rings. The van der Waals surface area contributed by atoms with Crippen LogP contribution in [0.15, 0.2) is 60.7 Å². The number of nitrogens with zero attached hydrogens (tertiary/aromatic N) is 2. The lowest BCUT2D eigenvalue weighted by Crippen LogP contribution is -1.93. The highest BCUT2D eigenvalue weighted by atomic mass is 16.5. The minimum Gasteiger partial charge on any atom is -0.384 e. The Balaban J connectivity index is 1.43. The van der Waals surface area contributed by atoms with Crippen molar-refractivity contribution in [1.29, 1.82) is 0 Å². The Morgan fingerprint density at radius 2 is 1.72 bits per heavy atom. The van der Waals surface area contributed by atoms with E-state index in [2.05, 4.69) is 56.3 Å². The maximum absolute atomic E-state index is 6.00. The number of aromatic amines is 2. The van der Waals surface area contributed by atoms with E-state index in [0.717, 1.165) is 39.1 Å². The summed E-state index contributed by atoms with van der Waals surface area (Å²) in [5.41, 5.74) is 12.8. The fourth-order valence-corrected chi connectivity index (χ4v) is 3.61. The molecule has 0 saturated heterocycles. The van der Waals surface area contributed by atoms with E-state index < -0.39 is 0 Å². The van der Waals surface area contributed by atoms with Crippen molar-refractivity contribution in [3.05, 3.63) is 77.6 Å². The molecule has 0 bridgehead atoms. The maximum Gasteiger partial charge on any atom is 0.180 e. The Kier molecular flexibility index (Phi) is 4.26. The van der Waals surface area contributed by atoms with E-state index in [4.69, 9.17) is 10.5 Å². The number of hydrogen-bond acceptors (Lipinski definition) is 4. The van der Waals surface area contributed by atoms with Gasteiger partial charge in [-0.1, -0.05) is 36.4 Å². The fraction of sp³-hybridized carbons (Fsp3) is 0.130. The molecule has 0 radical (unpaired) electrons. The predicted molar refractivity (Wildman–Crippen MR) is 115 cm³/mol. The van der Waals surface area contributed by atoms with Crippen LogP contribution in [0.5, 0.6) is 0 Å². The zero-order valence-corrected chi connectivity index (χ0v) is 16.1. The molecule has 6 heteroatoms. The largest absolute Gasteiger partial charge is 0.384 e. The summed E-state index contributed by atoms with van der Waals surface area (Å²) >= 11 is 0. The molecular weight excluding hydrogens is 362 g/mol. The number of benzene rings is 2. The van der Waals surface area contributed by atoms with Crippen molar-refractivity contribution in [3.8, 4) is 11.3 Å². The van der Waals surface area contributed by atoms with Crippen LogP contribution in [-0.4, -0.2) is 19.9 Å². The van der Waals surface area contributed by atoms with Gasteiger partial charge in [-0.2, -0.15) is 0 Å². The summed E-state index contributed by atoms with van der Waals surface area (Å²) < 4.78 is 5.87. The molecule has 0 aliphatic heterocycles. The Hall–Kier alpha value is -3.64. The highest BCUT2D eigenvalue weighted by Crippen LogP contribution is 2.30. The first-order valence-corrected chi connectivity index (χ1v) is 9.52. The molecular formula is C23H21N5O. The molecule has 0 aliphatic rings. The van der Waals surface area contributed by atoms with E-state index in [1.54, 1.807) is 0 Å². The van der Waals surface area contributed by atoms with Crippen LogP contribution in [0, 0.1) is 6.92 Å². The number of H-pyrrole nitrogens is 2. The molecule has 0 amide bonds. The van der Waals surface area contributed by atoms with Crippen LogP contribution in [0.25, 0.3) is 33.3 Å². The van der Waals surface area contributed by atoms with Crippen molar-refractivity contribution in [2.24, 2.45) is 0 Å². The normalized spacial score (nSPS) is 11.5. The van der Waals surface area contributed by atoms with Crippen LogP contribution in [0.4, 0.5) is 5.82 Å². The second-order valence-electron chi connectivity index (χ2n) is 7.20. The van der Waals surface area contributed by atoms with Crippen LogP contribution in [0.3, 0.4) is 0 Å². The minimum atomic E-state index is 0.452. The topological polar surface area (TPSA) is 92.6 Å². The molecule has 5 rings (SSSR count). The molecule has 6 nitrogen and oxygen atoms in total. The van der Waals surface area contributed by atoms with Crippen molar-refractivity contribution >= 4 is 27.9 Å². The van der Waals surface area contributed by atoms with Crippen molar-refractivity contribution in [2.45, 2.75) is 20.1 Å². The third kappa shape index (κ3) is 3.46. The number of nitrogen functional groups attached to an aromatic ring is 1. The molecule has 0 aliphatic carbocycles. The Labute approximate surface area is 167 Å². The molecule has 2 aromatic carbocycles. The fourth-order valence-electron chi connectivity index (χ4n) is 3.61. The first-order chi connectivity index (χ1) is 14.2. The van der Waals surface area contributed by atoms with E-state index in [1.165, 1.54) is 5.56 Å². The molecule has 0 unspecified atom stereocenters. The molecule has 0 atom stereocenters. The van der Waals surface area contributed by atoms with Gasteiger partial charge in [0.2, 0.25) is 0 Å². The van der Waals surface area contributed by atoms with Crippen molar-refractivity contribution < 1.29 is 4.74 Å². The summed E-state index contributed by atoms with van der Waals surface area (Å²) in [6.45, 7) is 3.08. The van der Waals surface area contributed by atoms with E-state index >= 15 is 0 Å². The summed E-state index contributed by atoms with van der Waals surface area (Å²) in [7, 11) is 0. The van der Waals surface area contributed by atoms with Gasteiger partial charge in [0.05, 0.1) is 18.7 Å². The zero-order chi connectivity index (χ0) is 19.8. The Morgan fingerprint density at radius 1 is 0.897 bits per heavy atom. The lowest BCUT2D eigenvalue weighted by molar-refractivity contribution is 0.107. The van der Waals surface area contributed by atoms with Gasteiger partial charge in [0.15, 0.2) is 5.65 Å². The second kappa shape index (κ2) is 7.07. The quantitative estimate of drug-likeness (QED) is 0.410. The minimum absolute atomic E-state index is 0.452. The molecule has 29 heavy (non-hydrogen) atoms. The summed E-state index contributed by atoms with van der Waals surface area (Å²) in [6, 6.07) is 20.5. The molecule has 0 saturated carbocycles. The molecule has 3 heterocycles. The number of ether oxygens (including phenoxy) is 1. The molecule has 0 spiro atoms. The smallest absolute Gasteiger partial charge is 0.180 e. The highest BCUT2D eigenvalue weighted by Gasteiger charge is 2.13. The van der Waals surface area contributed by atoms with Crippen LogP contribution >= 0.6 is 0 Å². The first kappa shape index (κ1) is 17.5. The number of aryl methyl sites for hydroxylation is 1. The number of imidazole rings is 1. The number of hydrogen-bond donors (Lipinski definition) is 3. The molecule has 144 valence electrons. The number of fused-ring (bicyclic) bond motifs is 2. The number of aromatic nitrogens is 4. The van der Waals surface area contributed by atoms with E-state index in [0.29, 0.717) is 24.7 Å². The number of nitrogens with one attached hydrogen (secondary N) is 2. The second-order valence-corrected chi connectivity index (χ2v) is 7.20. The Bertz CT molecular complexity index is 1300. The first-order valence-electron chi connectivity index (χ1n) is 9.52. The van der Waals surface area contributed by atoms with E-state index in [-0.39, 0.29) is 0 Å². The summed E-state index contributed by atoms with van der Waals surface area (Å²) in [5, 5.41) is 1.13. The summed E-state index contributed by atoms with van der Waals surface area (Å²) in [6.07, 6.45) is 0. The van der Waals surface area contributed by atoms with E-state index in [9.17, 15) is 0 Å². The van der Waals surface area contributed by atoms with Gasteiger partial charge in [-0.05, 0) is 42.3 Å². The van der Waals surface area contributed by atoms with Gasteiger partial charge in [-0.25, -0.2) is 9.97 Å². The zero-order valence-electron chi connectivity index (χ0n) is 16.1. The SMILES string of the molecule is Cc1nc2nc(N)cc(-c3cc4cc(COCc5ccccc5)ccc4[nH]3)c2[nH]1. The van der Waals surface area contributed by atoms with Gasteiger partial charge in [0, 0.05) is 22.2 Å². The summed E-state index contributed by atoms with van der Waals surface area (Å²) in [5.74, 6) is 1.26. The van der Waals surface area contributed by atoms with E-state index in [1.807, 2.05) is 31.2 Å². The average Bonchev–Trinajstić information content (AvgIpc) is 3.30. The van der Waals surface area contributed by atoms with Crippen LogP contribution in [0.2, 0.25) is 0 Å². The van der Waals surface area contributed by atoms with Crippen LogP contribution in [0.1, 0.15) is 17.0 Å². The lowest BCUT2D eigenvalue weighted by atomic mass is 10.1. The van der Waals surface area contributed by atoms with Gasteiger partial charge in [0.1, 0.15) is 11.6 Å². The van der Waals surface area contributed by atoms with Gasteiger partial charge in [-0.15, -0.1) is 0 Å². The van der Waals surface area contributed by atoms with Crippen molar-refractivity contribution in [2.75, 3.05) is 5.73 Å². The van der Waals surface area contributed by atoms with Crippen LogP contribution in [-0.2, 0) is 18.0 Å². The average molecular weight is 383 g/mol. The van der Waals surface area contributed by atoms with Crippen molar-refractivity contribution in [3.63, 3.8) is 0 Å². The predicted octanol–water partition coefficient (Wildman–Crippen LogP) is 4.71. The third-order valence-electron chi connectivity index (χ3n) is 4.96. The molecule has 3 aromatic heterocycles. The summed E-state index contributed by atoms with van der Waals surface area (Å²) in [4.78, 5) is 15.5. The Morgan fingerprint density at radius 3 is 2.59 bits per heavy atom. The van der Waals surface area contributed by atoms with Crippen LogP contribution < -0.4 is 5.73 Å².